The molecule has 112 heavy (non-hydrogen) atoms. The van der Waals surface area contributed by atoms with Gasteiger partial charge in [0.05, 0.1) is 43.6 Å². The van der Waals surface area contributed by atoms with E-state index in [1.54, 1.807) is 32.9 Å². The van der Waals surface area contributed by atoms with Crippen LogP contribution >= 0.6 is 0 Å². The third kappa shape index (κ3) is 22.7. The molecule has 3 N–H and O–H groups in total. The third-order valence-electron chi connectivity index (χ3n) is 25.0. The lowest BCUT2D eigenvalue weighted by Gasteiger charge is -2.54. The Morgan fingerprint density at radius 1 is 0.661 bits per heavy atom. The third-order valence-corrected chi connectivity index (χ3v) is 25.0. The minimum Gasteiger partial charge on any atom is -0.385 e. The van der Waals surface area contributed by atoms with Gasteiger partial charge in [0.15, 0.2) is 0 Å². The highest BCUT2D eigenvalue weighted by Crippen LogP contribution is 2.50. The number of likely N-dealkylation sites (N-methyl/N-ethyl adjacent to an activating group) is 7. The van der Waals surface area contributed by atoms with Gasteiger partial charge in [-0.2, -0.15) is 26.3 Å². The van der Waals surface area contributed by atoms with Crippen molar-refractivity contribution in [1.82, 2.24) is 60.0 Å². The van der Waals surface area contributed by atoms with Crippen molar-refractivity contribution in [3.8, 4) is 0 Å². The Kier molecular flexibility index (Phi) is 32.8. The lowest BCUT2D eigenvalue weighted by atomic mass is 9.58. The Bertz CT molecular complexity index is 3320. The van der Waals surface area contributed by atoms with Gasteiger partial charge in [-0.05, 0) is 145 Å². The van der Waals surface area contributed by atoms with Crippen molar-refractivity contribution in [2.45, 2.75) is 268 Å². The van der Waals surface area contributed by atoms with Crippen molar-refractivity contribution < 1.29 is 98.1 Å². The molecule has 12 amide bonds. The highest BCUT2D eigenvalue weighted by Gasteiger charge is 2.60. The predicted octanol–water partition coefficient (Wildman–Crippen LogP) is 6.49. The fourth-order valence-electron chi connectivity index (χ4n) is 18.4. The molecule has 634 valence electrons. The van der Waals surface area contributed by atoms with Crippen LogP contribution in [0.1, 0.15) is 189 Å². The number of ether oxygens (including phenoxy) is 3. The molecule has 33 heteroatoms. The number of halogens is 6. The summed E-state index contributed by atoms with van der Waals surface area (Å²) in [6.07, 6.45) is -6.09. The van der Waals surface area contributed by atoms with Crippen LogP contribution in [0.15, 0.2) is 12.2 Å². The Labute approximate surface area is 656 Å². The van der Waals surface area contributed by atoms with Crippen molar-refractivity contribution in [3.63, 3.8) is 0 Å². The number of carbonyl (C=O) groups is 12. The molecule has 13 atom stereocenters. The first kappa shape index (κ1) is 92.0. The van der Waals surface area contributed by atoms with E-state index in [1.807, 2.05) is 20.8 Å². The molecule has 2 saturated heterocycles. The van der Waals surface area contributed by atoms with Crippen LogP contribution in [0.25, 0.3) is 0 Å². The zero-order valence-electron chi connectivity index (χ0n) is 68.5. The average Bonchev–Trinajstić information content (AvgIpc) is 0.992. The average molecular weight is 1600 g/mol. The molecule has 6 fully saturated rings. The van der Waals surface area contributed by atoms with Crippen LogP contribution in [0.5, 0.6) is 0 Å². The Morgan fingerprint density at radius 2 is 1.30 bits per heavy atom. The zero-order chi connectivity index (χ0) is 83.2. The molecular weight excluding hydrogens is 1470 g/mol. The molecule has 0 aromatic carbocycles. The molecule has 7 aliphatic rings. The van der Waals surface area contributed by atoms with Gasteiger partial charge in [-0.25, -0.2) is 0 Å². The second kappa shape index (κ2) is 39.9. The summed E-state index contributed by atoms with van der Waals surface area (Å²) in [5.41, 5.74) is -2.28. The zero-order valence-corrected chi connectivity index (χ0v) is 68.5. The number of amides is 12. The van der Waals surface area contributed by atoms with Crippen LogP contribution < -0.4 is 16.0 Å². The summed E-state index contributed by atoms with van der Waals surface area (Å²) in [6, 6.07) is -11.1. The molecule has 1 spiro atoms. The number of rotatable bonds is 17. The normalized spacial score (nSPS) is 31.0. The summed E-state index contributed by atoms with van der Waals surface area (Å²) < 4.78 is 103. The molecule has 4 saturated carbocycles. The first-order valence-corrected chi connectivity index (χ1v) is 40.3. The number of nitrogens with zero attached hydrogens (tertiary/aromatic N) is 9. The van der Waals surface area contributed by atoms with Gasteiger partial charge < -0.3 is 74.3 Å². The van der Waals surface area contributed by atoms with E-state index in [1.165, 1.54) is 88.1 Å². The van der Waals surface area contributed by atoms with Crippen LogP contribution in [0.2, 0.25) is 0 Å². The number of hydrogen-bond donors (Lipinski definition) is 3. The molecular formula is C79H126F6N12O15. The van der Waals surface area contributed by atoms with Gasteiger partial charge >= 0.3 is 12.4 Å². The molecule has 0 radical (unpaired) electrons. The minimum atomic E-state index is -4.57. The van der Waals surface area contributed by atoms with Crippen LogP contribution in [-0.2, 0) is 71.7 Å². The standard InChI is InChI=1S/C79H126F6N12O15/c1-16-36-89(7)70(104)59-42-63(99)92(10)56(35-38-110-14)67(101)87-65(48(4)17-2)73(107)91(9)45-64(100)93(11)57-26-20-19-23-37-96(72(57)106)60(39-49-27-31-52(32-28-49)78(80,81)82)71(105)90(8)44-62(98)86-55(34-30-50-29-33-54(79(83,84)85)61(40-50)111-15)69(103)97-43-53(112-18-3)41-58(97)68(102)88-77(46-76(5,6)47-77)75(109)95(13)66(74(108)94(59)12)51-24-21-22-25-51/h19-20,48-61,65-66H,16-18,21-47H2,1-15H3,(H,86,98)(H,87,101)(H,88,102)/b20-19-/t48-,49?,50?,52?,53+,54?,55-,56-,57-,58-,59-,60-,61?,65-,66-/m0/s1. The highest BCUT2D eigenvalue weighted by molar-refractivity contribution is 6.01. The molecule has 2 bridgehead atoms. The van der Waals surface area contributed by atoms with Gasteiger partial charge in [-0.1, -0.05) is 66.0 Å². The Hall–Kier alpha value is -7.16. The molecule has 27 nitrogen and oxygen atoms in total. The smallest absolute Gasteiger partial charge is 0.385 e. The fraction of sp³-hybridized carbons (Fsp3) is 0.823. The molecule has 7 rings (SSSR count). The number of methoxy groups -OCH3 is 2. The number of alkyl halides is 6. The van der Waals surface area contributed by atoms with Crippen molar-refractivity contribution in [2.24, 2.45) is 40.9 Å². The van der Waals surface area contributed by atoms with E-state index in [4.69, 9.17) is 14.2 Å². The number of hydrogen-bond acceptors (Lipinski definition) is 15. The van der Waals surface area contributed by atoms with Gasteiger partial charge in [0, 0.05) is 109 Å². The second-order valence-electron chi connectivity index (χ2n) is 33.7. The van der Waals surface area contributed by atoms with Crippen molar-refractivity contribution >= 4 is 70.9 Å². The van der Waals surface area contributed by atoms with Crippen LogP contribution in [0.4, 0.5) is 26.3 Å². The summed E-state index contributed by atoms with van der Waals surface area (Å²) in [5, 5.41) is 8.70. The maximum absolute atomic E-state index is 15.9. The van der Waals surface area contributed by atoms with Crippen molar-refractivity contribution in [3.05, 3.63) is 12.2 Å². The highest BCUT2D eigenvalue weighted by atomic mass is 19.4. The number of nitrogens with one attached hydrogen (secondary N) is 3. The van der Waals surface area contributed by atoms with E-state index in [0.717, 1.165) is 19.6 Å². The molecule has 3 heterocycles. The molecule has 3 aliphatic heterocycles. The van der Waals surface area contributed by atoms with Crippen molar-refractivity contribution in [1.29, 1.82) is 0 Å². The first-order valence-electron chi connectivity index (χ1n) is 40.3. The summed E-state index contributed by atoms with van der Waals surface area (Å²) in [5.74, 6) is -14.4. The monoisotopic (exact) mass is 1600 g/mol. The Balaban J connectivity index is 1.35. The minimum absolute atomic E-state index is 0.0290. The lowest BCUT2D eigenvalue weighted by Crippen LogP contribution is -2.71. The first-order chi connectivity index (χ1) is 52.6. The number of carbonyl (C=O) groups excluding carboxylic acids is 12. The van der Waals surface area contributed by atoms with E-state index in [0.29, 0.717) is 38.5 Å². The summed E-state index contributed by atoms with van der Waals surface area (Å²) in [4.78, 5) is 194. The van der Waals surface area contributed by atoms with E-state index in [2.05, 4.69) is 16.0 Å². The second-order valence-corrected chi connectivity index (χ2v) is 33.7. The van der Waals surface area contributed by atoms with Gasteiger partial charge in [0.2, 0.25) is 70.9 Å². The van der Waals surface area contributed by atoms with E-state index in [9.17, 15) is 50.3 Å². The predicted molar refractivity (Wildman–Crippen MR) is 402 cm³/mol. The molecule has 3 unspecified atom stereocenters. The van der Waals surface area contributed by atoms with Gasteiger partial charge in [-0.3, -0.25) is 57.5 Å². The maximum atomic E-state index is 15.9. The van der Waals surface area contributed by atoms with Gasteiger partial charge in [0.25, 0.3) is 0 Å². The lowest BCUT2D eigenvalue weighted by molar-refractivity contribution is -0.215. The fourth-order valence-corrected chi connectivity index (χ4v) is 18.4. The van der Waals surface area contributed by atoms with Gasteiger partial charge in [-0.15, -0.1) is 0 Å². The topological polar surface area (TPSA) is 298 Å². The Morgan fingerprint density at radius 3 is 1.89 bits per heavy atom. The molecule has 4 aliphatic carbocycles. The summed E-state index contributed by atoms with van der Waals surface area (Å²) in [6.45, 7) is 9.38. The maximum Gasteiger partial charge on any atom is 0.394 e. The van der Waals surface area contributed by atoms with Gasteiger partial charge in [0.1, 0.15) is 53.9 Å². The van der Waals surface area contributed by atoms with Crippen LogP contribution in [0, 0.1) is 40.9 Å². The SMILES string of the molecule is CCCN(C)C(=O)[C@@H]1CC(=O)N(C)[C@@H](CCOC)C(=O)N[C@@H]([C@@H](C)CC)C(=O)N(C)CC(=O)N(C)[C@H]2C/C=C\CCN(C2=O)[C@@H](CC2CCC(C(F)(F)F)CC2)C(=O)N(C)CC(=O)N[C@@H](CCC2CCC(C(F)(F)F)C(OC)C2)C(=O)N2C[C@H](OCC)C[C@H]2C(=O)NC2(CC(C)(C)C2)C(=O)N(C)[C@@H](C2CCCC2)C(=O)N1C. The molecule has 0 aromatic heterocycles. The molecule has 0 aromatic rings. The van der Waals surface area contributed by atoms with Crippen LogP contribution in [-0.4, -0.2) is 303 Å². The quantitative estimate of drug-likeness (QED) is 0.104. The van der Waals surface area contributed by atoms with Crippen LogP contribution in [0.3, 0.4) is 0 Å². The largest absolute Gasteiger partial charge is 0.394 e. The van der Waals surface area contributed by atoms with Crippen molar-refractivity contribution in [2.75, 3.05) is 109 Å². The van der Waals surface area contributed by atoms with E-state index < -0.39 is 210 Å². The summed E-state index contributed by atoms with van der Waals surface area (Å²) in [7, 11) is 12.3. The van der Waals surface area contributed by atoms with E-state index in [-0.39, 0.29) is 136 Å². The van der Waals surface area contributed by atoms with E-state index >= 15 is 33.6 Å². The summed E-state index contributed by atoms with van der Waals surface area (Å²) >= 11 is 0. The number of fused-ring (bicyclic) bond motifs is 3.